The fourth-order valence-electron chi connectivity index (χ4n) is 4.75. The van der Waals surface area contributed by atoms with Gasteiger partial charge in [0.25, 0.3) is 11.8 Å². The summed E-state index contributed by atoms with van der Waals surface area (Å²) in [5.41, 5.74) is 2.58. The minimum Gasteiger partial charge on any atom is -0.633 e. The maximum atomic E-state index is 12.8. The first-order valence-electron chi connectivity index (χ1n) is 12.5. The molecule has 1 fully saturated rings. The summed E-state index contributed by atoms with van der Waals surface area (Å²) in [6.07, 6.45) is 5.07. The zero-order valence-corrected chi connectivity index (χ0v) is 22.3. The number of fused-ring (bicyclic) bond motifs is 2. The first-order chi connectivity index (χ1) is 18.8. The van der Waals surface area contributed by atoms with Gasteiger partial charge in [-0.2, -0.15) is 0 Å². The van der Waals surface area contributed by atoms with Gasteiger partial charge in [0.05, 0.1) is 25.2 Å². The number of carboxylic acid groups (broad SMARTS) is 1. The van der Waals surface area contributed by atoms with E-state index >= 15 is 0 Å². The van der Waals surface area contributed by atoms with Gasteiger partial charge in [-0.1, -0.05) is 6.07 Å². The molecule has 11 nitrogen and oxygen atoms in total. The second-order valence-electron chi connectivity index (χ2n) is 10.3. The van der Waals surface area contributed by atoms with Crippen LogP contribution in [0.1, 0.15) is 44.7 Å². The summed E-state index contributed by atoms with van der Waals surface area (Å²) in [7, 11) is 6.80. The smallest absolute Gasteiger partial charge is 0.363 e. The van der Waals surface area contributed by atoms with Gasteiger partial charge in [0.1, 0.15) is 17.6 Å². The average molecular weight is 546 g/mol. The topological polar surface area (TPSA) is 137 Å². The molecule has 40 heavy (non-hydrogen) atoms. The number of carboxylic acids is 1. The van der Waals surface area contributed by atoms with Gasteiger partial charge in [-0.05, 0) is 42.0 Å². The highest BCUT2D eigenvalue weighted by molar-refractivity contribution is 6.05. The number of allylic oxidation sites excluding steroid dienone is 1. The van der Waals surface area contributed by atoms with Crippen molar-refractivity contribution in [1.29, 1.82) is 0 Å². The molecule has 206 valence electrons. The monoisotopic (exact) mass is 545 g/mol. The van der Waals surface area contributed by atoms with Gasteiger partial charge in [0.15, 0.2) is 0 Å². The number of rotatable bonds is 6. The number of imide groups is 1. The van der Waals surface area contributed by atoms with E-state index in [1.165, 1.54) is 26.2 Å². The van der Waals surface area contributed by atoms with Gasteiger partial charge >= 0.3 is 11.9 Å². The molecule has 2 amide bonds. The van der Waals surface area contributed by atoms with Crippen molar-refractivity contribution in [2.24, 2.45) is 0 Å². The first-order valence-corrected chi connectivity index (χ1v) is 12.5. The van der Waals surface area contributed by atoms with Crippen LogP contribution in [0.3, 0.4) is 0 Å². The largest absolute Gasteiger partial charge is 0.633 e. The molecule has 5 rings (SSSR count). The highest BCUT2D eigenvalue weighted by atomic mass is 16.7. The molecule has 2 aromatic carbocycles. The van der Waals surface area contributed by atoms with E-state index < -0.39 is 34.4 Å². The van der Waals surface area contributed by atoms with E-state index in [4.69, 9.17) is 9.57 Å². The number of hydrogen-bond donors (Lipinski definition) is 1. The summed E-state index contributed by atoms with van der Waals surface area (Å²) in [5.74, 6) is -2.72. The summed E-state index contributed by atoms with van der Waals surface area (Å²) in [4.78, 5) is 55.9. The molecule has 2 heterocycles. The van der Waals surface area contributed by atoms with E-state index in [1.807, 2.05) is 37.2 Å². The van der Waals surface area contributed by atoms with Crippen LogP contribution >= 0.6 is 0 Å². The SMILES string of the molecule is CN(C)c1ccc2c(c1)OC1=CC([N+](C)(C)[O-])C=CC1=C2c1ccc(C(=O)ON2C(=O)CCC2=O)cc1C(=O)O. The Morgan fingerprint density at radius 2 is 1.75 bits per heavy atom. The molecule has 0 radical (unpaired) electrons. The second-order valence-corrected chi connectivity index (χ2v) is 10.3. The average Bonchev–Trinajstić information content (AvgIpc) is 3.22. The predicted octanol–water partition coefficient (Wildman–Crippen LogP) is 3.26. The number of anilines is 1. The minimum absolute atomic E-state index is 0.0635. The molecule has 11 heteroatoms. The van der Waals surface area contributed by atoms with Gasteiger partial charge in [-0.15, -0.1) is 5.06 Å². The van der Waals surface area contributed by atoms with Gasteiger partial charge in [0.2, 0.25) is 0 Å². The maximum Gasteiger partial charge on any atom is 0.363 e. The Kier molecular flexibility index (Phi) is 6.56. The number of aromatic carboxylic acids is 1. The Morgan fingerprint density at radius 1 is 1.07 bits per heavy atom. The Morgan fingerprint density at radius 3 is 2.38 bits per heavy atom. The summed E-state index contributed by atoms with van der Waals surface area (Å²) >= 11 is 0. The van der Waals surface area contributed by atoms with Crippen molar-refractivity contribution in [2.45, 2.75) is 18.9 Å². The highest BCUT2D eigenvalue weighted by Crippen LogP contribution is 2.45. The Labute approximate surface area is 229 Å². The molecule has 0 bridgehead atoms. The standard InChI is InChI=1S/C29H27N3O8/c1-30(2)17-6-9-20-23(14-17)39-24-15-18(32(3,4)38)7-10-21(24)27(20)19-8-5-16(13-22(19)28(35)36)29(37)40-31-25(33)11-12-26(31)34/h5-10,13-15,18H,11-12H2,1-4H3,(H,35,36). The van der Waals surface area contributed by atoms with E-state index in [-0.39, 0.29) is 24.0 Å². The number of nitrogens with zero attached hydrogens (tertiary/aromatic N) is 3. The van der Waals surface area contributed by atoms with Crippen LogP contribution < -0.4 is 9.64 Å². The molecule has 2 aliphatic heterocycles. The lowest BCUT2D eigenvalue weighted by molar-refractivity contribution is -0.852. The number of hydrogen-bond acceptors (Lipinski definition) is 8. The molecule has 0 spiro atoms. The van der Waals surface area contributed by atoms with E-state index in [9.17, 15) is 29.5 Å². The molecule has 1 unspecified atom stereocenters. The molecule has 1 aliphatic carbocycles. The van der Waals surface area contributed by atoms with Crippen molar-refractivity contribution in [3.8, 4) is 5.75 Å². The third-order valence-electron chi connectivity index (χ3n) is 6.94. The number of amides is 2. The molecule has 1 N–H and O–H groups in total. The molecule has 2 aromatic rings. The number of quaternary nitrogens is 1. The molecule has 0 saturated carbocycles. The van der Waals surface area contributed by atoms with Gasteiger partial charge < -0.3 is 29.4 Å². The molecular formula is C29H27N3O8. The van der Waals surface area contributed by atoms with Gasteiger partial charge in [0, 0.05) is 61.5 Å². The number of hydroxylamine groups is 5. The highest BCUT2D eigenvalue weighted by Gasteiger charge is 2.35. The van der Waals surface area contributed by atoms with Crippen LogP contribution in [0.25, 0.3) is 5.57 Å². The van der Waals surface area contributed by atoms with E-state index in [1.54, 1.807) is 18.2 Å². The second kappa shape index (κ2) is 9.78. The number of ether oxygens (including phenoxy) is 1. The Bertz CT molecular complexity index is 1550. The van der Waals surface area contributed by atoms with E-state index in [0.29, 0.717) is 38.8 Å². The summed E-state index contributed by atoms with van der Waals surface area (Å²) in [6, 6.07) is 9.02. The number of likely N-dealkylation sites (N-methyl/N-ethyl adjacent to an activating group) is 1. The van der Waals surface area contributed by atoms with E-state index in [0.717, 1.165) is 11.8 Å². The van der Waals surface area contributed by atoms with Crippen molar-refractivity contribution in [3.05, 3.63) is 93.4 Å². The van der Waals surface area contributed by atoms with Crippen molar-refractivity contribution >= 4 is 35.0 Å². The number of carbonyl (C=O) groups is 4. The van der Waals surface area contributed by atoms with Crippen molar-refractivity contribution in [2.75, 3.05) is 33.1 Å². The van der Waals surface area contributed by atoms with Gasteiger partial charge in [-0.25, -0.2) is 9.59 Å². The predicted molar refractivity (Wildman–Crippen MR) is 144 cm³/mol. The van der Waals surface area contributed by atoms with Crippen LogP contribution in [0.15, 0.2) is 66.0 Å². The van der Waals surface area contributed by atoms with Gasteiger partial charge in [-0.3, -0.25) is 9.59 Å². The van der Waals surface area contributed by atoms with Crippen LogP contribution in [0.4, 0.5) is 5.69 Å². The number of benzene rings is 2. The normalized spacial score (nSPS) is 18.2. The van der Waals surface area contributed by atoms with Crippen molar-refractivity contribution in [1.82, 2.24) is 5.06 Å². The minimum atomic E-state index is -1.30. The van der Waals surface area contributed by atoms with Crippen molar-refractivity contribution < 1.29 is 38.5 Å². The Hall–Kier alpha value is -4.74. The third kappa shape index (κ3) is 4.76. The lowest BCUT2D eigenvalue weighted by atomic mass is 9.84. The first kappa shape index (κ1) is 26.9. The fourth-order valence-corrected chi connectivity index (χ4v) is 4.75. The van der Waals surface area contributed by atoms with Crippen LogP contribution in [-0.4, -0.2) is 72.8 Å². The van der Waals surface area contributed by atoms with Crippen LogP contribution in [0, 0.1) is 5.21 Å². The molecule has 3 aliphatic rings. The fraction of sp³-hybridized carbons (Fsp3) is 0.241. The van der Waals surface area contributed by atoms with Crippen LogP contribution in [-0.2, 0) is 14.4 Å². The molecule has 1 saturated heterocycles. The van der Waals surface area contributed by atoms with E-state index in [2.05, 4.69) is 0 Å². The summed E-state index contributed by atoms with van der Waals surface area (Å²) < 4.78 is 5.63. The number of carbonyl (C=O) groups excluding carboxylic acids is 3. The molecule has 0 aromatic heterocycles. The zero-order chi connectivity index (χ0) is 28.9. The summed E-state index contributed by atoms with van der Waals surface area (Å²) in [6.45, 7) is 0. The van der Waals surface area contributed by atoms with Crippen LogP contribution in [0.5, 0.6) is 5.75 Å². The van der Waals surface area contributed by atoms with Crippen LogP contribution in [0.2, 0.25) is 0 Å². The maximum absolute atomic E-state index is 12.8. The molecular weight excluding hydrogens is 518 g/mol. The lowest BCUT2D eigenvalue weighted by Crippen LogP contribution is -2.42. The molecule has 1 atom stereocenters. The zero-order valence-electron chi connectivity index (χ0n) is 22.3. The van der Waals surface area contributed by atoms with Crippen molar-refractivity contribution in [3.63, 3.8) is 0 Å². The third-order valence-corrected chi connectivity index (χ3v) is 6.94. The summed E-state index contributed by atoms with van der Waals surface area (Å²) in [5, 5.41) is 23.3. The lowest BCUT2D eigenvalue weighted by Gasteiger charge is -2.41. The quantitative estimate of drug-likeness (QED) is 0.329. The Balaban J connectivity index is 1.64.